The maximum absolute atomic E-state index is 13.9. The van der Waals surface area contributed by atoms with Gasteiger partial charge in [-0.2, -0.15) is 0 Å². The van der Waals surface area contributed by atoms with Gasteiger partial charge in [-0.1, -0.05) is 24.3 Å². The van der Waals surface area contributed by atoms with Crippen LogP contribution in [0.3, 0.4) is 0 Å². The van der Waals surface area contributed by atoms with E-state index in [-0.39, 0.29) is 11.9 Å². The number of benzene rings is 2. The van der Waals surface area contributed by atoms with E-state index in [2.05, 4.69) is 16.3 Å². The van der Waals surface area contributed by atoms with Crippen molar-refractivity contribution in [2.45, 2.75) is 12.6 Å². The summed E-state index contributed by atoms with van der Waals surface area (Å²) >= 11 is 0. The Balaban J connectivity index is 1.75. The average Bonchev–Trinajstić information content (AvgIpc) is 2.72. The highest BCUT2D eigenvalue weighted by atomic mass is 19.1. The molecule has 0 saturated carbocycles. The summed E-state index contributed by atoms with van der Waals surface area (Å²) < 4.78 is 30.2. The van der Waals surface area contributed by atoms with Crippen molar-refractivity contribution >= 4 is 0 Å². The fourth-order valence-electron chi connectivity index (χ4n) is 3.39. The van der Waals surface area contributed by atoms with Crippen LogP contribution in [0.5, 0.6) is 11.5 Å². The molecule has 1 unspecified atom stereocenters. The minimum Gasteiger partial charge on any atom is -0.493 e. The number of halogens is 1. The molecule has 0 aromatic heterocycles. The van der Waals surface area contributed by atoms with Gasteiger partial charge in [0.1, 0.15) is 5.82 Å². The van der Waals surface area contributed by atoms with E-state index in [1.807, 2.05) is 24.3 Å². The van der Waals surface area contributed by atoms with Gasteiger partial charge in [0, 0.05) is 37.8 Å². The van der Waals surface area contributed by atoms with Gasteiger partial charge in [0.05, 0.1) is 27.4 Å². The third-order valence-electron chi connectivity index (χ3n) is 4.89. The van der Waals surface area contributed by atoms with Crippen LogP contribution in [0.25, 0.3) is 0 Å². The van der Waals surface area contributed by atoms with Crippen molar-refractivity contribution in [2.24, 2.45) is 0 Å². The lowest BCUT2D eigenvalue weighted by atomic mass is 10.0. The molecule has 1 saturated heterocycles. The number of rotatable bonds is 8. The third-order valence-corrected chi connectivity index (χ3v) is 4.89. The summed E-state index contributed by atoms with van der Waals surface area (Å²) in [5.41, 5.74) is 1.81. The molecule has 1 aliphatic heterocycles. The average molecular weight is 374 g/mol. The molecule has 3 rings (SSSR count). The van der Waals surface area contributed by atoms with Crippen molar-refractivity contribution in [3.8, 4) is 11.5 Å². The molecule has 146 valence electrons. The predicted molar refractivity (Wildman–Crippen MR) is 103 cm³/mol. The van der Waals surface area contributed by atoms with Gasteiger partial charge in [-0.15, -0.1) is 0 Å². The van der Waals surface area contributed by atoms with Crippen LogP contribution in [-0.2, 0) is 11.3 Å². The largest absolute Gasteiger partial charge is 0.493 e. The predicted octanol–water partition coefficient (Wildman–Crippen LogP) is 3.01. The number of hydrogen-bond donors (Lipinski definition) is 1. The summed E-state index contributed by atoms with van der Waals surface area (Å²) in [7, 11) is 3.27. The molecule has 1 aliphatic rings. The van der Waals surface area contributed by atoms with E-state index in [1.165, 1.54) is 6.07 Å². The lowest BCUT2D eigenvalue weighted by Crippen LogP contribution is -2.42. The summed E-state index contributed by atoms with van der Waals surface area (Å²) in [5, 5.41) is 3.41. The highest BCUT2D eigenvalue weighted by molar-refractivity contribution is 5.44. The highest BCUT2D eigenvalue weighted by Gasteiger charge is 2.23. The highest BCUT2D eigenvalue weighted by Crippen LogP contribution is 2.32. The van der Waals surface area contributed by atoms with Crippen LogP contribution in [0.4, 0.5) is 4.39 Å². The molecule has 1 atom stereocenters. The van der Waals surface area contributed by atoms with Gasteiger partial charge in [-0.05, 0) is 23.8 Å². The molecule has 1 fully saturated rings. The number of morpholine rings is 1. The number of nitrogens with zero attached hydrogens (tertiary/aromatic N) is 1. The van der Waals surface area contributed by atoms with Crippen LogP contribution in [0.2, 0.25) is 0 Å². The second kappa shape index (κ2) is 9.69. The second-order valence-electron chi connectivity index (χ2n) is 6.50. The molecule has 1 heterocycles. The third kappa shape index (κ3) is 4.97. The summed E-state index contributed by atoms with van der Waals surface area (Å²) in [6.45, 7) is 4.35. The maximum Gasteiger partial charge on any atom is 0.161 e. The Morgan fingerprint density at radius 1 is 1.07 bits per heavy atom. The topological polar surface area (TPSA) is 43.0 Å². The van der Waals surface area contributed by atoms with Gasteiger partial charge in [-0.3, -0.25) is 4.90 Å². The first-order chi connectivity index (χ1) is 13.2. The quantitative estimate of drug-likeness (QED) is 0.769. The smallest absolute Gasteiger partial charge is 0.161 e. The standard InChI is InChI=1S/C21H27FN2O3/c1-25-20-8-7-16(13-21(20)26-2)19(24-9-11-27-12-10-24)15-23-14-17-5-3-4-6-18(17)22/h3-8,13,19,23H,9-12,14-15H2,1-2H3. The monoisotopic (exact) mass is 374 g/mol. The molecule has 0 aliphatic carbocycles. The van der Waals surface area contributed by atoms with Crippen LogP contribution in [-0.4, -0.2) is 52.0 Å². The van der Waals surface area contributed by atoms with Gasteiger partial charge in [0.25, 0.3) is 0 Å². The molecule has 2 aromatic carbocycles. The van der Waals surface area contributed by atoms with Gasteiger partial charge >= 0.3 is 0 Å². The van der Waals surface area contributed by atoms with E-state index < -0.39 is 0 Å². The van der Waals surface area contributed by atoms with Gasteiger partial charge in [0.2, 0.25) is 0 Å². The van der Waals surface area contributed by atoms with Crippen molar-refractivity contribution < 1.29 is 18.6 Å². The van der Waals surface area contributed by atoms with Crippen LogP contribution >= 0.6 is 0 Å². The Kier molecular flexibility index (Phi) is 7.04. The first-order valence-corrected chi connectivity index (χ1v) is 9.20. The Bertz CT molecular complexity index is 735. The first-order valence-electron chi connectivity index (χ1n) is 9.20. The zero-order valence-corrected chi connectivity index (χ0v) is 15.9. The van der Waals surface area contributed by atoms with Crippen LogP contribution < -0.4 is 14.8 Å². The van der Waals surface area contributed by atoms with Crippen molar-refractivity contribution in [1.82, 2.24) is 10.2 Å². The molecule has 0 bridgehead atoms. The molecule has 0 spiro atoms. The van der Waals surface area contributed by atoms with E-state index >= 15 is 0 Å². The zero-order valence-electron chi connectivity index (χ0n) is 15.9. The second-order valence-corrected chi connectivity index (χ2v) is 6.50. The molecule has 5 nitrogen and oxygen atoms in total. The molecule has 2 aromatic rings. The summed E-state index contributed by atoms with van der Waals surface area (Å²) in [6, 6.07) is 13.0. The number of methoxy groups -OCH3 is 2. The molecule has 27 heavy (non-hydrogen) atoms. The lowest BCUT2D eigenvalue weighted by Gasteiger charge is -2.35. The van der Waals surface area contributed by atoms with Gasteiger partial charge in [0.15, 0.2) is 11.5 Å². The summed E-state index contributed by atoms with van der Waals surface area (Å²) in [4.78, 5) is 2.39. The normalized spacial score (nSPS) is 16.1. The Morgan fingerprint density at radius 3 is 2.52 bits per heavy atom. The van der Waals surface area contributed by atoms with Crippen LogP contribution in [0, 0.1) is 5.82 Å². The van der Waals surface area contributed by atoms with Crippen LogP contribution in [0.15, 0.2) is 42.5 Å². The summed E-state index contributed by atoms with van der Waals surface area (Å²) in [5.74, 6) is 1.24. The maximum atomic E-state index is 13.9. The molecule has 6 heteroatoms. The fraction of sp³-hybridized carbons (Fsp3) is 0.429. The SMILES string of the molecule is COc1ccc(C(CNCc2ccccc2F)N2CCOCC2)cc1OC. The van der Waals surface area contributed by atoms with E-state index in [9.17, 15) is 4.39 Å². The van der Waals surface area contributed by atoms with Crippen LogP contribution in [0.1, 0.15) is 17.2 Å². The minimum absolute atomic E-state index is 0.139. The van der Waals surface area contributed by atoms with E-state index in [1.54, 1.807) is 20.3 Å². The van der Waals surface area contributed by atoms with Crippen molar-refractivity contribution in [3.63, 3.8) is 0 Å². The summed E-state index contributed by atoms with van der Waals surface area (Å²) in [6.07, 6.45) is 0. The lowest BCUT2D eigenvalue weighted by molar-refractivity contribution is 0.0160. The van der Waals surface area contributed by atoms with Crippen molar-refractivity contribution in [1.29, 1.82) is 0 Å². The van der Waals surface area contributed by atoms with Crippen molar-refractivity contribution in [2.75, 3.05) is 47.1 Å². The van der Waals surface area contributed by atoms with E-state index in [0.29, 0.717) is 30.2 Å². The Hall–Kier alpha value is -2.15. The van der Waals surface area contributed by atoms with Crippen molar-refractivity contribution in [3.05, 3.63) is 59.4 Å². The molecular formula is C21H27FN2O3. The molecule has 1 N–H and O–H groups in total. The molecule has 0 amide bonds. The Morgan fingerprint density at radius 2 is 1.81 bits per heavy atom. The number of nitrogens with one attached hydrogen (secondary N) is 1. The minimum atomic E-state index is -0.181. The first kappa shape index (κ1) is 19.6. The molecular weight excluding hydrogens is 347 g/mol. The van der Waals surface area contributed by atoms with Gasteiger partial charge in [-0.25, -0.2) is 4.39 Å². The van der Waals surface area contributed by atoms with E-state index in [0.717, 1.165) is 31.9 Å². The van der Waals surface area contributed by atoms with Gasteiger partial charge < -0.3 is 19.5 Å². The Labute approximate surface area is 160 Å². The number of hydrogen-bond acceptors (Lipinski definition) is 5. The van der Waals surface area contributed by atoms with E-state index in [4.69, 9.17) is 14.2 Å². The zero-order chi connectivity index (χ0) is 19.1. The fourth-order valence-corrected chi connectivity index (χ4v) is 3.39. The molecule has 0 radical (unpaired) electrons. The number of ether oxygens (including phenoxy) is 3.